The van der Waals surface area contributed by atoms with Crippen molar-refractivity contribution in [3.63, 3.8) is 0 Å². The van der Waals surface area contributed by atoms with Crippen molar-refractivity contribution in [2.45, 2.75) is 0 Å². The molecule has 0 saturated heterocycles. The molecule has 3 rings (SSSR count). The second-order valence-corrected chi connectivity index (χ2v) is 4.32. The van der Waals surface area contributed by atoms with Gasteiger partial charge in [-0.25, -0.2) is 9.97 Å². The van der Waals surface area contributed by atoms with Crippen LogP contribution in [0.4, 0.5) is 5.82 Å². The predicted octanol–water partition coefficient (Wildman–Crippen LogP) is 1.48. The van der Waals surface area contributed by atoms with Crippen LogP contribution in [0.15, 0.2) is 47.3 Å². The van der Waals surface area contributed by atoms with Crippen LogP contribution in [-0.4, -0.2) is 21.0 Å². The quantitative estimate of drug-likeness (QED) is 0.750. The van der Waals surface area contributed by atoms with Crippen LogP contribution in [-0.2, 0) is 0 Å². The molecule has 7 heteroatoms. The maximum absolute atomic E-state index is 11.3. The van der Waals surface area contributed by atoms with E-state index < -0.39 is 5.91 Å². The van der Waals surface area contributed by atoms with Crippen molar-refractivity contribution in [2.75, 3.05) is 5.73 Å². The molecule has 0 spiro atoms. The van der Waals surface area contributed by atoms with E-state index in [-0.39, 0.29) is 11.5 Å². The van der Waals surface area contributed by atoms with Gasteiger partial charge in [0.15, 0.2) is 11.5 Å². The number of nitrogens with zero attached hydrogens (tertiary/aromatic N) is 3. The highest BCUT2D eigenvalue weighted by Gasteiger charge is 2.12. The van der Waals surface area contributed by atoms with Crippen molar-refractivity contribution >= 4 is 11.7 Å². The van der Waals surface area contributed by atoms with Gasteiger partial charge in [0.05, 0.1) is 11.9 Å². The van der Waals surface area contributed by atoms with E-state index in [9.17, 15) is 4.79 Å². The number of hydrogen-bond donors (Lipinski definition) is 2. The minimum absolute atomic E-state index is 0.0129. The van der Waals surface area contributed by atoms with Crippen LogP contribution < -0.4 is 11.5 Å². The van der Waals surface area contributed by atoms with Gasteiger partial charge in [-0.3, -0.25) is 4.79 Å². The number of hydrogen-bond acceptors (Lipinski definition) is 6. The minimum atomic E-state index is -0.713. The Kier molecular flexibility index (Phi) is 3.07. The lowest BCUT2D eigenvalue weighted by molar-refractivity contribution is 0.0996. The molecule has 0 aliphatic carbocycles. The molecule has 104 valence electrons. The molecular formula is C14H11N5O2. The van der Waals surface area contributed by atoms with Crippen LogP contribution in [0.2, 0.25) is 0 Å². The van der Waals surface area contributed by atoms with E-state index in [0.717, 1.165) is 11.1 Å². The third-order valence-corrected chi connectivity index (χ3v) is 2.93. The fourth-order valence-corrected chi connectivity index (χ4v) is 1.92. The molecule has 2 heterocycles. The summed E-state index contributed by atoms with van der Waals surface area (Å²) in [5, 5.41) is 3.88. The van der Waals surface area contributed by atoms with Gasteiger partial charge in [0.2, 0.25) is 0 Å². The molecule has 1 aromatic carbocycles. The summed E-state index contributed by atoms with van der Waals surface area (Å²) < 4.78 is 4.83. The first-order valence-electron chi connectivity index (χ1n) is 6.08. The summed E-state index contributed by atoms with van der Waals surface area (Å²) in [4.78, 5) is 19.4. The summed E-state index contributed by atoms with van der Waals surface area (Å²) in [5.74, 6) is -0.701. The molecule has 0 radical (unpaired) electrons. The normalized spacial score (nSPS) is 10.5. The number of amides is 1. The summed E-state index contributed by atoms with van der Waals surface area (Å²) in [6.07, 6.45) is 2.99. The first-order valence-corrected chi connectivity index (χ1v) is 6.08. The number of nitrogen functional groups attached to an aromatic ring is 1. The van der Waals surface area contributed by atoms with Gasteiger partial charge in [0.25, 0.3) is 5.91 Å². The highest BCUT2D eigenvalue weighted by molar-refractivity contribution is 5.95. The Bertz CT molecular complexity index is 799. The van der Waals surface area contributed by atoms with E-state index in [4.69, 9.17) is 16.0 Å². The van der Waals surface area contributed by atoms with E-state index in [1.807, 2.05) is 24.3 Å². The van der Waals surface area contributed by atoms with Gasteiger partial charge in [-0.15, -0.1) is 0 Å². The third-order valence-electron chi connectivity index (χ3n) is 2.93. The topological polar surface area (TPSA) is 121 Å². The highest BCUT2D eigenvalue weighted by Crippen LogP contribution is 2.24. The molecule has 0 aliphatic rings. The average molecular weight is 281 g/mol. The largest absolute Gasteiger partial charge is 0.382 e. The number of rotatable bonds is 3. The Balaban J connectivity index is 2.07. The summed E-state index contributed by atoms with van der Waals surface area (Å²) in [5.41, 5.74) is 13.6. The van der Waals surface area contributed by atoms with Crippen molar-refractivity contribution in [2.24, 2.45) is 5.73 Å². The molecule has 0 fully saturated rings. The Labute approximate surface area is 119 Å². The average Bonchev–Trinajstić information content (AvgIpc) is 3.02. The van der Waals surface area contributed by atoms with Crippen LogP contribution in [0.3, 0.4) is 0 Å². The van der Waals surface area contributed by atoms with Crippen LogP contribution in [0.5, 0.6) is 0 Å². The number of carbonyl (C=O) groups excluding carboxylic acids is 1. The summed E-state index contributed by atoms with van der Waals surface area (Å²) in [7, 11) is 0. The standard InChI is InChI=1S/C14H11N5O2/c15-13-12(14(16)20)18-11(7-17-13)9-3-1-2-8(6-9)10-4-5-21-19-10/h1-7H,(H2,15,17)(H2,16,20). The Hall–Kier alpha value is -3.22. The zero-order valence-corrected chi connectivity index (χ0v) is 10.9. The lowest BCUT2D eigenvalue weighted by Gasteiger charge is -2.05. The summed E-state index contributed by atoms with van der Waals surface area (Å²) >= 11 is 0. The van der Waals surface area contributed by atoms with E-state index in [0.29, 0.717) is 11.4 Å². The van der Waals surface area contributed by atoms with Gasteiger partial charge in [-0.2, -0.15) is 0 Å². The van der Waals surface area contributed by atoms with Gasteiger partial charge >= 0.3 is 0 Å². The molecule has 0 aliphatic heterocycles. The van der Waals surface area contributed by atoms with Gasteiger partial charge in [0, 0.05) is 17.2 Å². The number of aromatic nitrogens is 3. The van der Waals surface area contributed by atoms with Crippen LogP contribution in [0.25, 0.3) is 22.5 Å². The second-order valence-electron chi connectivity index (χ2n) is 4.32. The predicted molar refractivity (Wildman–Crippen MR) is 75.9 cm³/mol. The molecule has 0 bridgehead atoms. The molecule has 0 atom stereocenters. The molecule has 0 saturated carbocycles. The zero-order chi connectivity index (χ0) is 14.8. The fourth-order valence-electron chi connectivity index (χ4n) is 1.92. The molecule has 0 unspecified atom stereocenters. The number of carbonyl (C=O) groups is 1. The molecule has 4 N–H and O–H groups in total. The molecule has 2 aromatic heterocycles. The Morgan fingerprint density at radius 2 is 1.90 bits per heavy atom. The van der Waals surface area contributed by atoms with Crippen LogP contribution in [0, 0.1) is 0 Å². The van der Waals surface area contributed by atoms with Crippen molar-refractivity contribution < 1.29 is 9.32 Å². The fraction of sp³-hybridized carbons (Fsp3) is 0. The maximum atomic E-state index is 11.3. The molecular weight excluding hydrogens is 270 g/mol. The van der Waals surface area contributed by atoms with E-state index in [1.54, 1.807) is 6.07 Å². The lowest BCUT2D eigenvalue weighted by Crippen LogP contribution is -2.17. The minimum Gasteiger partial charge on any atom is -0.382 e. The second kappa shape index (κ2) is 5.04. The van der Waals surface area contributed by atoms with Gasteiger partial charge < -0.3 is 16.0 Å². The highest BCUT2D eigenvalue weighted by atomic mass is 16.5. The third kappa shape index (κ3) is 2.44. The molecule has 3 aromatic rings. The Morgan fingerprint density at radius 1 is 1.14 bits per heavy atom. The van der Waals surface area contributed by atoms with Gasteiger partial charge in [-0.1, -0.05) is 23.4 Å². The first-order chi connectivity index (χ1) is 10.1. The van der Waals surface area contributed by atoms with Crippen molar-refractivity contribution in [1.29, 1.82) is 0 Å². The van der Waals surface area contributed by atoms with Crippen molar-refractivity contribution in [3.05, 3.63) is 48.5 Å². The monoisotopic (exact) mass is 281 g/mol. The maximum Gasteiger partial charge on any atom is 0.271 e. The van der Waals surface area contributed by atoms with Gasteiger partial charge in [0.1, 0.15) is 12.0 Å². The number of benzene rings is 1. The van der Waals surface area contributed by atoms with Crippen LogP contribution in [0.1, 0.15) is 10.5 Å². The van der Waals surface area contributed by atoms with Crippen molar-refractivity contribution in [1.82, 2.24) is 15.1 Å². The number of nitrogens with two attached hydrogens (primary N) is 2. The zero-order valence-electron chi connectivity index (χ0n) is 10.9. The first kappa shape index (κ1) is 12.8. The van der Waals surface area contributed by atoms with E-state index in [1.165, 1.54) is 12.5 Å². The smallest absolute Gasteiger partial charge is 0.271 e. The van der Waals surface area contributed by atoms with Crippen LogP contribution >= 0.6 is 0 Å². The SMILES string of the molecule is NC(=O)c1nc(-c2cccc(-c3ccon3)c2)cnc1N. The molecule has 1 amide bonds. The summed E-state index contributed by atoms with van der Waals surface area (Å²) in [6, 6.07) is 9.20. The molecule has 7 nitrogen and oxygen atoms in total. The van der Waals surface area contributed by atoms with E-state index in [2.05, 4.69) is 15.1 Å². The van der Waals surface area contributed by atoms with Gasteiger partial charge in [-0.05, 0) is 6.07 Å². The Morgan fingerprint density at radius 3 is 2.57 bits per heavy atom. The molecule has 21 heavy (non-hydrogen) atoms. The van der Waals surface area contributed by atoms with Crippen molar-refractivity contribution in [3.8, 4) is 22.5 Å². The summed E-state index contributed by atoms with van der Waals surface area (Å²) in [6.45, 7) is 0. The number of anilines is 1. The number of primary amides is 1. The lowest BCUT2D eigenvalue weighted by atomic mass is 10.1. The van der Waals surface area contributed by atoms with E-state index >= 15 is 0 Å².